The van der Waals surface area contributed by atoms with E-state index < -0.39 is 12.1 Å². The molecule has 0 saturated carbocycles. The Morgan fingerprint density at radius 3 is 2.88 bits per heavy atom. The molecule has 0 unspecified atom stereocenters. The smallest absolute Gasteiger partial charge is 0.413 e. The molecule has 0 fully saturated rings. The maximum absolute atomic E-state index is 11.2. The van der Waals surface area contributed by atoms with E-state index in [4.69, 9.17) is 5.11 Å². The van der Waals surface area contributed by atoms with Gasteiger partial charge in [0, 0.05) is 0 Å². The van der Waals surface area contributed by atoms with Crippen molar-refractivity contribution in [3.8, 4) is 0 Å². The molecule has 0 aliphatic heterocycles. The Balaban J connectivity index is 2.75. The topological polar surface area (TPSA) is 101 Å². The van der Waals surface area contributed by atoms with E-state index in [9.17, 15) is 9.59 Å². The van der Waals surface area contributed by atoms with Crippen molar-refractivity contribution in [2.24, 2.45) is 0 Å². The molecule has 17 heavy (non-hydrogen) atoms. The summed E-state index contributed by atoms with van der Waals surface area (Å²) in [4.78, 5) is 29.3. The van der Waals surface area contributed by atoms with Gasteiger partial charge < -0.3 is 9.84 Å². The van der Waals surface area contributed by atoms with Gasteiger partial charge in [0.05, 0.1) is 11.9 Å². The molecule has 0 bridgehead atoms. The number of carboxylic acid groups (broad SMARTS) is 1. The fraction of sp³-hybridized carbons (Fsp3) is 0.200. The zero-order valence-electron chi connectivity index (χ0n) is 9.14. The predicted molar refractivity (Wildman–Crippen MR) is 58.9 cm³/mol. The lowest BCUT2D eigenvalue weighted by molar-refractivity contribution is 0.0689. The Kier molecular flexibility index (Phi) is 4.15. The van der Waals surface area contributed by atoms with Crippen molar-refractivity contribution in [1.29, 1.82) is 0 Å². The van der Waals surface area contributed by atoms with E-state index in [-0.39, 0.29) is 18.1 Å². The Morgan fingerprint density at radius 1 is 1.65 bits per heavy atom. The summed E-state index contributed by atoms with van der Waals surface area (Å²) in [5.74, 6) is -1.02. The molecule has 0 spiro atoms. The number of nitrogens with zero attached hydrogens (tertiary/aromatic N) is 2. The summed E-state index contributed by atoms with van der Waals surface area (Å²) in [6.45, 7) is 5.00. The third-order valence-corrected chi connectivity index (χ3v) is 1.72. The number of ether oxygens (including phenoxy) is 1. The van der Waals surface area contributed by atoms with Crippen LogP contribution in [0.1, 0.15) is 16.2 Å². The summed E-state index contributed by atoms with van der Waals surface area (Å²) in [5, 5.41) is 11.0. The van der Waals surface area contributed by atoms with Gasteiger partial charge in [0.15, 0.2) is 11.5 Å². The average molecular weight is 237 g/mol. The van der Waals surface area contributed by atoms with Gasteiger partial charge in [0.25, 0.3) is 0 Å². The van der Waals surface area contributed by atoms with E-state index in [1.807, 2.05) is 0 Å². The highest BCUT2D eigenvalue weighted by Gasteiger charge is 2.11. The Morgan fingerprint density at radius 2 is 2.35 bits per heavy atom. The average Bonchev–Trinajstić information content (AvgIpc) is 2.28. The number of amides is 1. The minimum atomic E-state index is -1.18. The number of nitrogens with one attached hydrogen (secondary N) is 1. The molecule has 0 aliphatic rings. The molecule has 1 rings (SSSR count). The maximum Gasteiger partial charge on any atom is 0.413 e. The first kappa shape index (κ1) is 12.6. The monoisotopic (exact) mass is 237 g/mol. The molecule has 0 aliphatic carbocycles. The normalized spacial score (nSPS) is 9.47. The van der Waals surface area contributed by atoms with Crippen molar-refractivity contribution in [2.75, 3.05) is 11.9 Å². The second-order valence-corrected chi connectivity index (χ2v) is 3.01. The van der Waals surface area contributed by atoms with E-state index in [1.165, 1.54) is 13.0 Å². The molecule has 0 radical (unpaired) electrons. The third kappa shape index (κ3) is 3.56. The Labute approximate surface area is 97.2 Å². The molecule has 7 heteroatoms. The third-order valence-electron chi connectivity index (χ3n) is 1.72. The summed E-state index contributed by atoms with van der Waals surface area (Å²) in [7, 11) is 0. The number of hydrogen-bond acceptors (Lipinski definition) is 5. The lowest BCUT2D eigenvalue weighted by Crippen LogP contribution is -2.16. The fourth-order valence-electron chi connectivity index (χ4n) is 0.975. The lowest BCUT2D eigenvalue weighted by Gasteiger charge is -2.06. The molecule has 90 valence electrons. The van der Waals surface area contributed by atoms with Crippen LogP contribution in [-0.4, -0.2) is 33.7 Å². The summed E-state index contributed by atoms with van der Waals surface area (Å²) in [6, 6.07) is 0. The van der Waals surface area contributed by atoms with E-state index in [0.717, 1.165) is 6.20 Å². The van der Waals surface area contributed by atoms with Crippen LogP contribution in [0.5, 0.6) is 0 Å². The van der Waals surface area contributed by atoms with Crippen molar-refractivity contribution in [1.82, 2.24) is 9.97 Å². The second kappa shape index (κ2) is 5.59. The molecule has 1 amide bonds. The van der Waals surface area contributed by atoms with Crippen LogP contribution in [0.3, 0.4) is 0 Å². The highest BCUT2D eigenvalue weighted by molar-refractivity contribution is 5.87. The molecule has 1 aromatic rings. The van der Waals surface area contributed by atoms with Gasteiger partial charge in [-0.05, 0) is 6.92 Å². The van der Waals surface area contributed by atoms with Gasteiger partial charge in [0.1, 0.15) is 6.61 Å². The first-order valence-corrected chi connectivity index (χ1v) is 4.66. The SMILES string of the molecule is C=CCOC(=O)Nc1ncc(C(=O)O)nc1C. The molecule has 1 heterocycles. The van der Waals surface area contributed by atoms with Gasteiger partial charge in [0.2, 0.25) is 0 Å². The van der Waals surface area contributed by atoms with Gasteiger partial charge in [-0.15, -0.1) is 0 Å². The van der Waals surface area contributed by atoms with Crippen molar-refractivity contribution < 1.29 is 19.4 Å². The molecular weight excluding hydrogens is 226 g/mol. The van der Waals surface area contributed by atoms with Crippen LogP contribution in [0.15, 0.2) is 18.9 Å². The van der Waals surface area contributed by atoms with Gasteiger partial charge in [-0.1, -0.05) is 12.7 Å². The minimum Gasteiger partial charge on any atom is -0.476 e. The Hall–Kier alpha value is -2.44. The molecular formula is C10H11N3O4. The van der Waals surface area contributed by atoms with Crippen molar-refractivity contribution >= 4 is 17.9 Å². The minimum absolute atomic E-state index is 0.0749. The summed E-state index contributed by atoms with van der Waals surface area (Å²) >= 11 is 0. The molecule has 0 aromatic carbocycles. The van der Waals surface area contributed by atoms with Gasteiger partial charge in [-0.3, -0.25) is 5.32 Å². The fourth-order valence-corrected chi connectivity index (χ4v) is 0.975. The molecule has 0 saturated heterocycles. The van der Waals surface area contributed by atoms with Crippen LogP contribution < -0.4 is 5.32 Å². The number of aromatic nitrogens is 2. The van der Waals surface area contributed by atoms with Crippen molar-refractivity contribution in [2.45, 2.75) is 6.92 Å². The highest BCUT2D eigenvalue weighted by Crippen LogP contribution is 2.09. The summed E-state index contributed by atoms with van der Waals surface area (Å²) in [6.07, 6.45) is 1.77. The van der Waals surface area contributed by atoms with Crippen molar-refractivity contribution in [3.63, 3.8) is 0 Å². The van der Waals surface area contributed by atoms with E-state index >= 15 is 0 Å². The van der Waals surface area contributed by atoms with E-state index in [1.54, 1.807) is 0 Å². The molecule has 0 atom stereocenters. The zero-order valence-corrected chi connectivity index (χ0v) is 9.14. The number of aromatic carboxylic acids is 1. The lowest BCUT2D eigenvalue weighted by atomic mass is 10.4. The van der Waals surface area contributed by atoms with Gasteiger partial charge >= 0.3 is 12.1 Å². The largest absolute Gasteiger partial charge is 0.476 e. The van der Waals surface area contributed by atoms with Crippen LogP contribution in [0.25, 0.3) is 0 Å². The molecule has 1 aromatic heterocycles. The number of rotatable bonds is 4. The zero-order chi connectivity index (χ0) is 12.8. The second-order valence-electron chi connectivity index (χ2n) is 3.01. The summed E-state index contributed by atoms with van der Waals surface area (Å²) < 4.78 is 4.68. The van der Waals surface area contributed by atoms with E-state index in [2.05, 4.69) is 26.6 Å². The summed E-state index contributed by atoms with van der Waals surface area (Å²) in [5.41, 5.74) is 0.105. The van der Waals surface area contributed by atoms with Gasteiger partial charge in [-0.25, -0.2) is 19.6 Å². The first-order valence-electron chi connectivity index (χ1n) is 4.66. The number of carbonyl (C=O) groups is 2. The number of aryl methyl sites for hydroxylation is 1. The molecule has 7 nitrogen and oxygen atoms in total. The van der Waals surface area contributed by atoms with Gasteiger partial charge in [-0.2, -0.15) is 0 Å². The maximum atomic E-state index is 11.2. The number of carbonyl (C=O) groups excluding carboxylic acids is 1. The van der Waals surface area contributed by atoms with Crippen molar-refractivity contribution in [3.05, 3.63) is 30.2 Å². The number of carboxylic acids is 1. The Bertz CT molecular complexity index is 459. The predicted octanol–water partition coefficient (Wildman–Crippen LogP) is 1.22. The molecule has 2 N–H and O–H groups in total. The number of anilines is 1. The van der Waals surface area contributed by atoms with Crippen LogP contribution in [-0.2, 0) is 4.74 Å². The first-order chi connectivity index (χ1) is 8.04. The standard InChI is InChI=1S/C10H11N3O4/c1-3-4-17-10(16)13-8-6(2)12-7(5-11-8)9(14)15/h3,5H,1,4H2,2H3,(H,14,15)(H,11,13,16). The van der Waals surface area contributed by atoms with Crippen LogP contribution in [0.4, 0.5) is 10.6 Å². The van der Waals surface area contributed by atoms with Crippen LogP contribution in [0, 0.1) is 6.92 Å². The highest BCUT2D eigenvalue weighted by atomic mass is 16.5. The number of hydrogen-bond donors (Lipinski definition) is 2. The van der Waals surface area contributed by atoms with Crippen LogP contribution in [0.2, 0.25) is 0 Å². The van der Waals surface area contributed by atoms with Crippen LogP contribution >= 0.6 is 0 Å². The van der Waals surface area contributed by atoms with E-state index in [0.29, 0.717) is 5.69 Å². The quantitative estimate of drug-likeness (QED) is 0.763.